The second kappa shape index (κ2) is 8.36. The number of nitrogens with two attached hydrogens (primary N) is 1. The Balaban J connectivity index is 1.51. The van der Waals surface area contributed by atoms with Gasteiger partial charge in [0.1, 0.15) is 12.1 Å². The minimum Gasteiger partial charge on any atom is -0.366 e. The number of fused-ring (bicyclic) bond motifs is 1. The number of benzene rings is 2. The number of hydrogen-bond donors (Lipinski definition) is 3. The number of carbonyl (C=O) groups excluding carboxylic acids is 2. The number of aromatic nitrogens is 3. The minimum atomic E-state index is -0.539. The van der Waals surface area contributed by atoms with Gasteiger partial charge in [0.25, 0.3) is 11.8 Å². The second-order valence-corrected chi connectivity index (χ2v) is 6.53. The highest BCUT2D eigenvalue weighted by Crippen LogP contribution is 2.23. The van der Waals surface area contributed by atoms with Crippen molar-refractivity contribution in [2.45, 2.75) is 6.54 Å². The zero-order valence-corrected chi connectivity index (χ0v) is 15.9. The number of nitrogens with zero attached hydrogens (tertiary/aromatic N) is 3. The standard InChI is InChI=1S/C22H18N6O2/c23-20(29)17-5-2-6-18-19(17)26-13-27-21(18)25-12-14-3-1-4-16(11-14)28-22(30)15-7-9-24-10-8-15/h1-11,13H,12H2,(H2,23,29)(H,28,30)(H,25,26,27). The van der Waals surface area contributed by atoms with E-state index in [0.717, 1.165) is 5.56 Å². The molecule has 0 aliphatic heterocycles. The third-order valence-corrected chi connectivity index (χ3v) is 4.52. The topological polar surface area (TPSA) is 123 Å². The number of anilines is 2. The van der Waals surface area contributed by atoms with Crippen LogP contribution in [0.15, 0.2) is 73.3 Å². The summed E-state index contributed by atoms with van der Waals surface area (Å²) in [5.74, 6) is -0.152. The summed E-state index contributed by atoms with van der Waals surface area (Å²) in [6.07, 6.45) is 4.54. The Morgan fingerprint density at radius 2 is 1.77 bits per heavy atom. The summed E-state index contributed by atoms with van der Waals surface area (Å²) in [4.78, 5) is 36.4. The van der Waals surface area contributed by atoms with Crippen LogP contribution >= 0.6 is 0 Å². The SMILES string of the molecule is NC(=O)c1cccc2c(NCc3cccc(NC(=O)c4ccncc4)c3)ncnc12. The summed E-state index contributed by atoms with van der Waals surface area (Å²) in [5.41, 5.74) is 8.44. The molecule has 4 rings (SSSR count). The molecule has 0 fully saturated rings. The molecule has 4 aromatic rings. The predicted molar refractivity (Wildman–Crippen MR) is 114 cm³/mol. The lowest BCUT2D eigenvalue weighted by Crippen LogP contribution is -2.13. The first kappa shape index (κ1) is 19.0. The Morgan fingerprint density at radius 3 is 2.57 bits per heavy atom. The van der Waals surface area contributed by atoms with E-state index in [1.165, 1.54) is 6.33 Å². The van der Waals surface area contributed by atoms with Gasteiger partial charge in [-0.3, -0.25) is 14.6 Å². The van der Waals surface area contributed by atoms with Crippen LogP contribution in [0.4, 0.5) is 11.5 Å². The lowest BCUT2D eigenvalue weighted by Gasteiger charge is -2.11. The van der Waals surface area contributed by atoms with Gasteiger partial charge in [0.15, 0.2) is 0 Å². The van der Waals surface area contributed by atoms with E-state index < -0.39 is 5.91 Å². The molecule has 8 heteroatoms. The first-order valence-electron chi connectivity index (χ1n) is 9.19. The smallest absolute Gasteiger partial charge is 0.255 e. The molecule has 0 saturated heterocycles. The fraction of sp³-hybridized carbons (Fsp3) is 0.0455. The highest BCUT2D eigenvalue weighted by molar-refractivity contribution is 6.07. The van der Waals surface area contributed by atoms with Crippen LogP contribution < -0.4 is 16.4 Å². The van der Waals surface area contributed by atoms with Gasteiger partial charge in [0.05, 0.1) is 11.1 Å². The maximum absolute atomic E-state index is 12.3. The third-order valence-electron chi connectivity index (χ3n) is 4.52. The third kappa shape index (κ3) is 4.07. The maximum atomic E-state index is 12.3. The van der Waals surface area contributed by atoms with E-state index in [9.17, 15) is 9.59 Å². The van der Waals surface area contributed by atoms with E-state index in [1.54, 1.807) is 36.7 Å². The number of rotatable bonds is 6. The highest BCUT2D eigenvalue weighted by atomic mass is 16.2. The Labute approximate surface area is 172 Å². The van der Waals surface area contributed by atoms with Gasteiger partial charge in [-0.2, -0.15) is 0 Å². The zero-order chi connectivity index (χ0) is 20.9. The van der Waals surface area contributed by atoms with Gasteiger partial charge in [-0.1, -0.05) is 18.2 Å². The average molecular weight is 398 g/mol. The van der Waals surface area contributed by atoms with E-state index in [-0.39, 0.29) is 5.91 Å². The summed E-state index contributed by atoms with van der Waals surface area (Å²) in [5, 5.41) is 6.84. The number of carbonyl (C=O) groups is 2. The Bertz CT molecular complexity index is 1230. The van der Waals surface area contributed by atoms with Crippen molar-refractivity contribution in [2.24, 2.45) is 5.73 Å². The zero-order valence-electron chi connectivity index (χ0n) is 15.9. The first-order chi connectivity index (χ1) is 14.6. The molecule has 0 aliphatic rings. The number of para-hydroxylation sites is 1. The Morgan fingerprint density at radius 1 is 0.967 bits per heavy atom. The molecule has 148 valence electrons. The molecule has 0 aliphatic carbocycles. The average Bonchev–Trinajstić information content (AvgIpc) is 2.78. The largest absolute Gasteiger partial charge is 0.366 e. The quantitative estimate of drug-likeness (QED) is 0.459. The van der Waals surface area contributed by atoms with Crippen LogP contribution in [0.3, 0.4) is 0 Å². The molecular weight excluding hydrogens is 380 g/mol. The number of amides is 2. The summed E-state index contributed by atoms with van der Waals surface area (Å²) in [6.45, 7) is 0.464. The van der Waals surface area contributed by atoms with E-state index in [4.69, 9.17) is 5.73 Å². The maximum Gasteiger partial charge on any atom is 0.255 e. The molecule has 30 heavy (non-hydrogen) atoms. The molecule has 0 bridgehead atoms. The minimum absolute atomic E-state index is 0.205. The van der Waals surface area contributed by atoms with E-state index >= 15 is 0 Å². The number of hydrogen-bond acceptors (Lipinski definition) is 6. The molecular formula is C22H18N6O2. The van der Waals surface area contributed by atoms with Gasteiger partial charge in [-0.05, 0) is 42.0 Å². The molecule has 2 heterocycles. The summed E-state index contributed by atoms with van der Waals surface area (Å²) in [7, 11) is 0. The fourth-order valence-corrected chi connectivity index (χ4v) is 3.08. The Kier molecular flexibility index (Phi) is 5.29. The van der Waals surface area contributed by atoms with Gasteiger partial charge in [0.2, 0.25) is 0 Å². The van der Waals surface area contributed by atoms with E-state index in [2.05, 4.69) is 25.6 Å². The molecule has 0 radical (unpaired) electrons. The highest BCUT2D eigenvalue weighted by Gasteiger charge is 2.11. The molecule has 0 unspecified atom stereocenters. The van der Waals surface area contributed by atoms with Crippen LogP contribution in [0.25, 0.3) is 10.9 Å². The van der Waals surface area contributed by atoms with Crippen molar-refractivity contribution in [3.8, 4) is 0 Å². The molecule has 0 atom stereocenters. The van der Waals surface area contributed by atoms with Gasteiger partial charge < -0.3 is 16.4 Å². The number of primary amides is 1. The van der Waals surface area contributed by atoms with Crippen molar-refractivity contribution >= 4 is 34.2 Å². The summed E-state index contributed by atoms with van der Waals surface area (Å²) in [6, 6.07) is 16.0. The van der Waals surface area contributed by atoms with Crippen molar-refractivity contribution in [3.63, 3.8) is 0 Å². The first-order valence-corrected chi connectivity index (χ1v) is 9.19. The summed E-state index contributed by atoms with van der Waals surface area (Å²) < 4.78 is 0. The molecule has 8 nitrogen and oxygen atoms in total. The normalized spacial score (nSPS) is 10.5. The van der Waals surface area contributed by atoms with Gasteiger partial charge >= 0.3 is 0 Å². The predicted octanol–water partition coefficient (Wildman–Crippen LogP) is 2.99. The lowest BCUT2D eigenvalue weighted by atomic mass is 10.1. The molecule has 2 amide bonds. The van der Waals surface area contributed by atoms with Gasteiger partial charge in [-0.25, -0.2) is 9.97 Å². The van der Waals surface area contributed by atoms with Crippen molar-refractivity contribution in [2.75, 3.05) is 10.6 Å². The van der Waals surface area contributed by atoms with Crippen molar-refractivity contribution in [1.82, 2.24) is 15.0 Å². The van der Waals surface area contributed by atoms with Crippen molar-refractivity contribution < 1.29 is 9.59 Å². The van der Waals surface area contributed by atoms with Crippen LogP contribution in [-0.4, -0.2) is 26.8 Å². The molecule has 0 saturated carbocycles. The fourth-order valence-electron chi connectivity index (χ4n) is 3.08. The van der Waals surface area contributed by atoms with Crippen LogP contribution in [0, 0.1) is 0 Å². The Hall–Kier alpha value is -4.33. The van der Waals surface area contributed by atoms with Crippen LogP contribution in [0.5, 0.6) is 0 Å². The van der Waals surface area contributed by atoms with Crippen molar-refractivity contribution in [1.29, 1.82) is 0 Å². The monoisotopic (exact) mass is 398 g/mol. The van der Waals surface area contributed by atoms with Gasteiger partial charge in [-0.15, -0.1) is 0 Å². The van der Waals surface area contributed by atoms with Crippen LogP contribution in [0.2, 0.25) is 0 Å². The van der Waals surface area contributed by atoms with Crippen LogP contribution in [0.1, 0.15) is 26.3 Å². The van der Waals surface area contributed by atoms with E-state index in [1.807, 2.05) is 30.3 Å². The molecule has 0 spiro atoms. The van der Waals surface area contributed by atoms with Crippen molar-refractivity contribution in [3.05, 3.63) is 90.0 Å². The summed E-state index contributed by atoms with van der Waals surface area (Å²) >= 11 is 0. The second-order valence-electron chi connectivity index (χ2n) is 6.53. The van der Waals surface area contributed by atoms with E-state index in [0.29, 0.717) is 40.1 Å². The molecule has 2 aromatic heterocycles. The van der Waals surface area contributed by atoms with Crippen LogP contribution in [-0.2, 0) is 6.54 Å². The lowest BCUT2D eigenvalue weighted by molar-refractivity contribution is 0.0998. The number of pyridine rings is 1. The molecule has 2 aromatic carbocycles. The molecule has 4 N–H and O–H groups in total. The number of nitrogens with one attached hydrogen (secondary N) is 2. The van der Waals surface area contributed by atoms with Gasteiger partial charge in [0, 0.05) is 35.6 Å².